The van der Waals surface area contributed by atoms with Crippen molar-refractivity contribution < 1.29 is 8.42 Å². The van der Waals surface area contributed by atoms with Crippen LogP contribution in [0.4, 0.5) is 0 Å². The highest BCUT2D eigenvalue weighted by Crippen LogP contribution is 2.12. The Morgan fingerprint density at radius 2 is 1.06 bits per heavy atom. The highest BCUT2D eigenvalue weighted by Gasteiger charge is 2.27. The van der Waals surface area contributed by atoms with Gasteiger partial charge in [0.05, 0.1) is 0 Å². The molecule has 0 aromatic carbocycles. The van der Waals surface area contributed by atoms with E-state index >= 15 is 0 Å². The van der Waals surface area contributed by atoms with Crippen LogP contribution in [-0.2, 0) is 10.2 Å². The maximum Gasteiger partial charge on any atom is 0.281 e. The molecular weight excluding hydrogens is 248 g/mol. The van der Waals surface area contributed by atoms with Gasteiger partial charge in [-0.15, -0.1) is 0 Å². The summed E-state index contributed by atoms with van der Waals surface area (Å²) in [6, 6.07) is 0. The average Bonchev–Trinajstić information content (AvgIpc) is 2.34. The summed E-state index contributed by atoms with van der Waals surface area (Å²) >= 11 is 0. The predicted octanol–water partition coefficient (Wildman–Crippen LogP) is 2.87. The molecule has 0 amide bonds. The zero-order valence-electron chi connectivity index (χ0n) is 12.5. The molecule has 0 aromatic rings. The van der Waals surface area contributed by atoms with Gasteiger partial charge in [-0.3, -0.25) is 0 Å². The topological polar surface area (TPSA) is 40.6 Å². The summed E-state index contributed by atoms with van der Waals surface area (Å²) in [7, 11) is -3.26. The lowest BCUT2D eigenvalue weighted by Gasteiger charge is -2.29. The van der Waals surface area contributed by atoms with Crippen LogP contribution < -0.4 is 0 Å². The molecule has 0 unspecified atom stereocenters. The van der Waals surface area contributed by atoms with Crippen molar-refractivity contribution in [3.8, 4) is 0 Å². The van der Waals surface area contributed by atoms with Gasteiger partial charge < -0.3 is 0 Å². The van der Waals surface area contributed by atoms with Crippen molar-refractivity contribution in [2.45, 2.75) is 59.8 Å². The Morgan fingerprint density at radius 1 is 0.667 bits per heavy atom. The Bertz CT molecular complexity index is 285. The molecule has 0 aliphatic carbocycles. The minimum absolute atomic E-state index is 0.627. The quantitative estimate of drug-likeness (QED) is 0.583. The van der Waals surface area contributed by atoms with Crippen LogP contribution in [0.25, 0.3) is 0 Å². The highest BCUT2D eigenvalue weighted by molar-refractivity contribution is 7.86. The highest BCUT2D eigenvalue weighted by atomic mass is 32.2. The summed E-state index contributed by atoms with van der Waals surface area (Å²) in [6.07, 6.45) is 4.57. The predicted molar refractivity (Wildman–Crippen MR) is 77.8 cm³/mol. The third-order valence-electron chi connectivity index (χ3n) is 2.83. The lowest BCUT2D eigenvalue weighted by molar-refractivity contribution is 0.330. The standard InChI is InChI=1S/C13H30N2O2S/c1-5-9-13-15(12-8-4)18(16,17)14(10-6-2)11-7-3/h5-13H2,1-4H3. The minimum Gasteiger partial charge on any atom is -0.195 e. The molecule has 0 aromatic heterocycles. The third kappa shape index (κ3) is 5.67. The molecule has 0 spiro atoms. The fraction of sp³-hybridized carbons (Fsp3) is 1.00. The van der Waals surface area contributed by atoms with Gasteiger partial charge in [-0.05, 0) is 25.7 Å². The van der Waals surface area contributed by atoms with Gasteiger partial charge in [0.25, 0.3) is 10.2 Å². The summed E-state index contributed by atoms with van der Waals surface area (Å²) in [6.45, 7) is 10.7. The van der Waals surface area contributed by atoms with Crippen LogP contribution in [0.5, 0.6) is 0 Å². The maximum absolute atomic E-state index is 12.6. The molecule has 5 heteroatoms. The van der Waals surface area contributed by atoms with E-state index in [-0.39, 0.29) is 0 Å². The average molecular weight is 278 g/mol. The first kappa shape index (κ1) is 17.9. The summed E-state index contributed by atoms with van der Waals surface area (Å²) < 4.78 is 28.4. The van der Waals surface area contributed by atoms with Crippen molar-refractivity contribution in [1.29, 1.82) is 0 Å². The molecular formula is C13H30N2O2S. The smallest absolute Gasteiger partial charge is 0.195 e. The van der Waals surface area contributed by atoms with Crippen LogP contribution in [0.15, 0.2) is 0 Å². The fourth-order valence-electron chi connectivity index (χ4n) is 1.93. The van der Waals surface area contributed by atoms with Gasteiger partial charge in [0.1, 0.15) is 0 Å². The monoisotopic (exact) mass is 278 g/mol. The summed E-state index contributed by atoms with van der Waals surface area (Å²) in [5.41, 5.74) is 0. The van der Waals surface area contributed by atoms with Gasteiger partial charge in [0.2, 0.25) is 0 Å². The van der Waals surface area contributed by atoms with E-state index in [9.17, 15) is 8.42 Å². The molecule has 0 bridgehead atoms. The number of hydrogen-bond donors (Lipinski definition) is 0. The second-order valence-corrected chi connectivity index (χ2v) is 6.59. The second-order valence-electron chi connectivity index (χ2n) is 4.66. The van der Waals surface area contributed by atoms with Crippen molar-refractivity contribution in [1.82, 2.24) is 8.61 Å². The van der Waals surface area contributed by atoms with Crippen molar-refractivity contribution >= 4 is 10.2 Å². The van der Waals surface area contributed by atoms with Gasteiger partial charge in [0, 0.05) is 26.2 Å². The van der Waals surface area contributed by atoms with E-state index in [2.05, 4.69) is 6.92 Å². The number of hydrogen-bond acceptors (Lipinski definition) is 2. The number of nitrogens with zero attached hydrogens (tertiary/aromatic N) is 2. The Hall–Kier alpha value is -0.130. The van der Waals surface area contributed by atoms with Crippen LogP contribution >= 0.6 is 0 Å². The molecule has 0 N–H and O–H groups in total. The Morgan fingerprint density at radius 3 is 1.39 bits per heavy atom. The van der Waals surface area contributed by atoms with E-state index in [1.807, 2.05) is 20.8 Å². The van der Waals surface area contributed by atoms with Gasteiger partial charge >= 0.3 is 0 Å². The second kappa shape index (κ2) is 9.75. The Balaban J connectivity index is 4.85. The molecule has 0 aliphatic heterocycles. The Labute approximate surface area is 114 Å². The first-order chi connectivity index (χ1) is 8.54. The third-order valence-corrected chi connectivity index (χ3v) is 4.87. The van der Waals surface area contributed by atoms with E-state index in [4.69, 9.17) is 0 Å². The van der Waals surface area contributed by atoms with Crippen LogP contribution in [0.2, 0.25) is 0 Å². The van der Waals surface area contributed by atoms with Crippen molar-refractivity contribution in [2.24, 2.45) is 0 Å². The van der Waals surface area contributed by atoms with Gasteiger partial charge in [0.15, 0.2) is 0 Å². The zero-order chi connectivity index (χ0) is 14.0. The van der Waals surface area contributed by atoms with Gasteiger partial charge in [-0.1, -0.05) is 34.1 Å². The van der Waals surface area contributed by atoms with E-state index < -0.39 is 10.2 Å². The molecule has 18 heavy (non-hydrogen) atoms. The van der Waals surface area contributed by atoms with E-state index in [0.717, 1.165) is 32.1 Å². The van der Waals surface area contributed by atoms with E-state index in [0.29, 0.717) is 26.2 Å². The lowest BCUT2D eigenvalue weighted by atomic mass is 10.3. The summed E-state index contributed by atoms with van der Waals surface area (Å²) in [5.74, 6) is 0. The van der Waals surface area contributed by atoms with Gasteiger partial charge in [-0.25, -0.2) is 0 Å². The molecule has 0 atom stereocenters. The Kier molecular flexibility index (Phi) is 9.68. The largest absolute Gasteiger partial charge is 0.281 e. The van der Waals surface area contributed by atoms with Gasteiger partial charge in [-0.2, -0.15) is 17.0 Å². The van der Waals surface area contributed by atoms with Crippen LogP contribution in [0, 0.1) is 0 Å². The van der Waals surface area contributed by atoms with Crippen LogP contribution in [0.1, 0.15) is 59.8 Å². The van der Waals surface area contributed by atoms with Crippen LogP contribution in [0.3, 0.4) is 0 Å². The summed E-state index contributed by atoms with van der Waals surface area (Å²) in [4.78, 5) is 0. The van der Waals surface area contributed by atoms with Crippen molar-refractivity contribution in [3.05, 3.63) is 0 Å². The molecule has 0 fully saturated rings. The van der Waals surface area contributed by atoms with Crippen LogP contribution in [-0.4, -0.2) is 43.2 Å². The summed E-state index contributed by atoms with van der Waals surface area (Å²) in [5, 5.41) is 0. The number of rotatable bonds is 11. The lowest BCUT2D eigenvalue weighted by Crippen LogP contribution is -2.45. The molecule has 0 rings (SSSR count). The van der Waals surface area contributed by atoms with Crippen molar-refractivity contribution in [2.75, 3.05) is 26.2 Å². The van der Waals surface area contributed by atoms with E-state index in [1.165, 1.54) is 0 Å². The molecule has 0 radical (unpaired) electrons. The minimum atomic E-state index is -3.26. The first-order valence-electron chi connectivity index (χ1n) is 7.29. The maximum atomic E-state index is 12.6. The zero-order valence-corrected chi connectivity index (χ0v) is 13.3. The number of unbranched alkanes of at least 4 members (excludes halogenated alkanes) is 1. The van der Waals surface area contributed by atoms with E-state index in [1.54, 1.807) is 8.61 Å². The molecule has 0 saturated carbocycles. The molecule has 0 saturated heterocycles. The fourth-order valence-corrected chi connectivity index (χ4v) is 3.86. The SMILES string of the molecule is CCCCN(CCC)S(=O)(=O)N(CCC)CCC. The molecule has 0 aliphatic rings. The molecule has 0 heterocycles. The molecule has 4 nitrogen and oxygen atoms in total. The first-order valence-corrected chi connectivity index (χ1v) is 8.69. The normalized spacial score (nSPS) is 12.6. The molecule has 110 valence electrons. The van der Waals surface area contributed by atoms with Crippen molar-refractivity contribution in [3.63, 3.8) is 0 Å².